The number of furan rings is 1. The van der Waals surface area contributed by atoms with Crippen LogP contribution in [0.4, 0.5) is 11.4 Å². The van der Waals surface area contributed by atoms with Gasteiger partial charge in [-0.1, -0.05) is 30.3 Å². The van der Waals surface area contributed by atoms with E-state index in [1.807, 2.05) is 12.1 Å². The van der Waals surface area contributed by atoms with Crippen LogP contribution in [0.2, 0.25) is 0 Å². The number of carbonyl (C=O) groups is 2. The number of rotatable bonds is 6. The lowest BCUT2D eigenvalue weighted by atomic mass is 10.1. The van der Waals surface area contributed by atoms with Crippen molar-refractivity contribution in [2.24, 2.45) is 0 Å². The Morgan fingerprint density at radius 3 is 2.54 bits per heavy atom. The van der Waals surface area contributed by atoms with Crippen molar-refractivity contribution in [1.29, 1.82) is 0 Å². The zero-order valence-electron chi connectivity index (χ0n) is 15.0. The van der Waals surface area contributed by atoms with Gasteiger partial charge in [0.1, 0.15) is 11.3 Å². The molecule has 3 N–H and O–H groups in total. The predicted molar refractivity (Wildman–Crippen MR) is 103 cm³/mol. The number of nitrogens with one attached hydrogen (secondary N) is 3. The molecule has 0 spiro atoms. The van der Waals surface area contributed by atoms with E-state index < -0.39 is 16.7 Å². The van der Waals surface area contributed by atoms with Crippen LogP contribution in [0, 0.1) is 17.0 Å². The van der Waals surface area contributed by atoms with Gasteiger partial charge in [0.2, 0.25) is 5.91 Å². The second-order valence-electron chi connectivity index (χ2n) is 6.01. The lowest BCUT2D eigenvalue weighted by Crippen LogP contribution is -2.42. The number of hydrogen-bond acceptors (Lipinski definition) is 6. The molecule has 144 valence electrons. The molecule has 0 aliphatic heterocycles. The number of carbonyl (C=O) groups excluding carboxylic acids is 2. The molecule has 1 heterocycles. The van der Waals surface area contributed by atoms with Crippen LogP contribution in [-0.2, 0) is 4.79 Å². The van der Waals surface area contributed by atoms with E-state index in [1.54, 1.807) is 37.3 Å². The average Bonchev–Trinajstić information content (AvgIpc) is 3.03. The highest BCUT2D eigenvalue weighted by Crippen LogP contribution is 2.25. The third-order valence-corrected chi connectivity index (χ3v) is 4.13. The number of nitro groups is 1. The molecule has 1 aromatic heterocycles. The zero-order valence-corrected chi connectivity index (χ0v) is 15.0. The summed E-state index contributed by atoms with van der Waals surface area (Å²) >= 11 is 0. The molecule has 28 heavy (non-hydrogen) atoms. The lowest BCUT2D eigenvalue weighted by Gasteiger charge is -2.08. The molecular weight excluding hydrogens is 364 g/mol. The van der Waals surface area contributed by atoms with Gasteiger partial charge in [0.05, 0.1) is 4.92 Å². The molecule has 0 bridgehead atoms. The SMILES string of the molecule is Cc1c(C(=O)NNC(=O)CCNc2ccccc2[N+](=O)[O-])oc2ccccc12. The van der Waals surface area contributed by atoms with Gasteiger partial charge in [0.15, 0.2) is 5.76 Å². The molecule has 2 aromatic carbocycles. The van der Waals surface area contributed by atoms with Crippen LogP contribution < -0.4 is 16.2 Å². The van der Waals surface area contributed by atoms with E-state index in [9.17, 15) is 19.7 Å². The maximum atomic E-state index is 12.2. The standard InChI is InChI=1S/C19H18N4O5/c1-12-13-6-2-5-9-16(13)28-18(12)19(25)22-21-17(24)10-11-20-14-7-3-4-8-15(14)23(26)27/h2-9,20H,10-11H2,1H3,(H,21,24)(H,22,25). The van der Waals surface area contributed by atoms with Crippen molar-refractivity contribution in [3.8, 4) is 0 Å². The molecule has 9 heteroatoms. The number of nitro benzene ring substituents is 1. The van der Waals surface area contributed by atoms with E-state index >= 15 is 0 Å². The molecule has 2 amide bonds. The van der Waals surface area contributed by atoms with Crippen LogP contribution in [0.1, 0.15) is 22.5 Å². The van der Waals surface area contributed by atoms with E-state index in [0.29, 0.717) is 16.8 Å². The Morgan fingerprint density at radius 1 is 1.07 bits per heavy atom. The fourth-order valence-corrected chi connectivity index (χ4v) is 2.73. The summed E-state index contributed by atoms with van der Waals surface area (Å²) in [7, 11) is 0. The molecule has 0 saturated carbocycles. The molecule has 0 aliphatic rings. The summed E-state index contributed by atoms with van der Waals surface area (Å²) in [6, 6.07) is 13.4. The second kappa shape index (κ2) is 8.21. The predicted octanol–water partition coefficient (Wildman–Crippen LogP) is 2.91. The number of aryl methyl sites for hydroxylation is 1. The van der Waals surface area contributed by atoms with Crippen LogP contribution >= 0.6 is 0 Å². The van der Waals surface area contributed by atoms with Gasteiger partial charge in [0, 0.05) is 30.0 Å². The molecule has 0 aliphatic carbocycles. The van der Waals surface area contributed by atoms with E-state index in [4.69, 9.17) is 4.42 Å². The highest BCUT2D eigenvalue weighted by atomic mass is 16.6. The minimum atomic E-state index is -0.561. The number of anilines is 1. The maximum absolute atomic E-state index is 12.2. The number of amides is 2. The van der Waals surface area contributed by atoms with Crippen LogP contribution in [0.3, 0.4) is 0 Å². The summed E-state index contributed by atoms with van der Waals surface area (Å²) in [5, 5.41) is 14.6. The van der Waals surface area contributed by atoms with Gasteiger partial charge < -0.3 is 9.73 Å². The van der Waals surface area contributed by atoms with Gasteiger partial charge in [-0.3, -0.25) is 30.6 Å². The monoisotopic (exact) mass is 382 g/mol. The number of benzene rings is 2. The van der Waals surface area contributed by atoms with E-state index in [1.165, 1.54) is 6.07 Å². The van der Waals surface area contributed by atoms with Gasteiger partial charge in [-0.2, -0.15) is 0 Å². The van der Waals surface area contributed by atoms with Gasteiger partial charge in [-0.25, -0.2) is 0 Å². The fraction of sp³-hybridized carbons (Fsp3) is 0.158. The quantitative estimate of drug-likeness (QED) is 0.444. The van der Waals surface area contributed by atoms with Gasteiger partial charge in [-0.05, 0) is 19.1 Å². The van der Waals surface area contributed by atoms with Crippen molar-refractivity contribution in [3.05, 3.63) is 70.0 Å². The maximum Gasteiger partial charge on any atom is 0.305 e. The summed E-state index contributed by atoms with van der Waals surface area (Å²) in [6.45, 7) is 1.93. The van der Waals surface area contributed by atoms with Gasteiger partial charge in [-0.15, -0.1) is 0 Å². The Kier molecular flexibility index (Phi) is 5.54. The third-order valence-electron chi connectivity index (χ3n) is 4.13. The summed E-state index contributed by atoms with van der Waals surface area (Å²) in [6.07, 6.45) is 0.00540. The molecular formula is C19H18N4O5. The summed E-state index contributed by atoms with van der Waals surface area (Å²) in [4.78, 5) is 34.6. The molecule has 0 fully saturated rings. The number of para-hydroxylation sites is 3. The van der Waals surface area contributed by atoms with Crippen molar-refractivity contribution >= 4 is 34.2 Å². The molecule has 0 unspecified atom stereocenters. The number of hydrogen-bond donors (Lipinski definition) is 3. The Morgan fingerprint density at radius 2 is 1.79 bits per heavy atom. The first-order valence-electron chi connectivity index (χ1n) is 8.52. The minimum Gasteiger partial charge on any atom is -0.451 e. The largest absolute Gasteiger partial charge is 0.451 e. The number of nitrogens with zero attached hydrogens (tertiary/aromatic N) is 1. The van der Waals surface area contributed by atoms with Crippen molar-refractivity contribution in [2.45, 2.75) is 13.3 Å². The van der Waals surface area contributed by atoms with Crippen LogP contribution in [0.5, 0.6) is 0 Å². The van der Waals surface area contributed by atoms with Gasteiger partial charge in [0.25, 0.3) is 5.69 Å². The van der Waals surface area contributed by atoms with Crippen LogP contribution in [0.15, 0.2) is 52.9 Å². The first kappa shape index (κ1) is 18.9. The first-order chi connectivity index (χ1) is 13.5. The zero-order chi connectivity index (χ0) is 20.1. The number of fused-ring (bicyclic) bond motifs is 1. The Hall–Kier alpha value is -3.88. The van der Waals surface area contributed by atoms with Crippen molar-refractivity contribution in [1.82, 2.24) is 10.9 Å². The van der Waals surface area contributed by atoms with Crippen LogP contribution in [-0.4, -0.2) is 23.3 Å². The first-order valence-corrected chi connectivity index (χ1v) is 8.52. The Bertz CT molecular complexity index is 1040. The topological polar surface area (TPSA) is 127 Å². The van der Waals surface area contributed by atoms with Crippen molar-refractivity contribution < 1.29 is 18.9 Å². The van der Waals surface area contributed by atoms with Crippen molar-refractivity contribution in [2.75, 3.05) is 11.9 Å². The van der Waals surface area contributed by atoms with E-state index in [2.05, 4.69) is 16.2 Å². The van der Waals surface area contributed by atoms with Gasteiger partial charge >= 0.3 is 5.91 Å². The third kappa shape index (κ3) is 4.09. The smallest absolute Gasteiger partial charge is 0.305 e. The molecule has 0 atom stereocenters. The molecule has 3 aromatic rings. The lowest BCUT2D eigenvalue weighted by molar-refractivity contribution is -0.384. The van der Waals surface area contributed by atoms with E-state index in [0.717, 1.165) is 5.39 Å². The summed E-state index contributed by atoms with van der Waals surface area (Å²) in [5.74, 6) is -0.888. The fourth-order valence-electron chi connectivity index (χ4n) is 2.73. The normalized spacial score (nSPS) is 10.5. The Balaban J connectivity index is 1.51. The van der Waals surface area contributed by atoms with E-state index in [-0.39, 0.29) is 24.4 Å². The average molecular weight is 382 g/mol. The van der Waals surface area contributed by atoms with Crippen LogP contribution in [0.25, 0.3) is 11.0 Å². The highest BCUT2D eigenvalue weighted by Gasteiger charge is 2.18. The summed E-state index contributed by atoms with van der Waals surface area (Å²) in [5.41, 5.74) is 6.13. The summed E-state index contributed by atoms with van der Waals surface area (Å²) < 4.78 is 5.53. The van der Waals surface area contributed by atoms with Crippen molar-refractivity contribution in [3.63, 3.8) is 0 Å². The number of hydrazine groups is 1. The molecule has 0 radical (unpaired) electrons. The minimum absolute atomic E-state index is 0.00540. The highest BCUT2D eigenvalue weighted by molar-refractivity contribution is 5.99. The Labute approximate surface area is 159 Å². The molecule has 0 saturated heterocycles. The second-order valence-corrected chi connectivity index (χ2v) is 6.01. The molecule has 3 rings (SSSR count). The molecule has 9 nitrogen and oxygen atoms in total.